The molecule has 0 bridgehead atoms. The zero-order valence-corrected chi connectivity index (χ0v) is 11.5. The largest absolute Gasteiger partial charge is 0.342 e. The maximum absolute atomic E-state index is 11.9. The molecule has 106 valence electrons. The number of carbonyl (C=O) groups is 3. The van der Waals surface area contributed by atoms with Crippen LogP contribution >= 0.6 is 11.6 Å². The van der Waals surface area contributed by atoms with Gasteiger partial charge < -0.3 is 15.1 Å². The molecule has 0 aliphatic carbocycles. The number of amides is 3. The first-order valence-corrected chi connectivity index (χ1v) is 6.53. The van der Waals surface area contributed by atoms with E-state index in [1.165, 1.54) is 4.90 Å². The monoisotopic (exact) mass is 295 g/mol. The minimum absolute atomic E-state index is 0.367. The van der Waals surface area contributed by atoms with E-state index in [4.69, 9.17) is 11.6 Å². The lowest BCUT2D eigenvalue weighted by molar-refractivity contribution is -0.144. The molecule has 1 fully saturated rings. The highest BCUT2D eigenvalue weighted by Crippen LogP contribution is 2.13. The van der Waals surface area contributed by atoms with E-state index < -0.39 is 11.8 Å². The molecule has 2 rings (SSSR count). The molecule has 0 atom stereocenters. The van der Waals surface area contributed by atoms with Crippen LogP contribution < -0.4 is 5.32 Å². The molecular weight excluding hydrogens is 282 g/mol. The molecule has 1 aromatic rings. The van der Waals surface area contributed by atoms with Gasteiger partial charge >= 0.3 is 11.8 Å². The van der Waals surface area contributed by atoms with Crippen LogP contribution in [0, 0.1) is 0 Å². The van der Waals surface area contributed by atoms with Crippen molar-refractivity contribution in [3.8, 4) is 0 Å². The number of benzene rings is 1. The number of rotatable bonds is 2. The van der Waals surface area contributed by atoms with Crippen molar-refractivity contribution in [2.24, 2.45) is 0 Å². The van der Waals surface area contributed by atoms with Crippen LogP contribution in [0.4, 0.5) is 5.69 Å². The molecule has 6 nitrogen and oxygen atoms in total. The highest BCUT2D eigenvalue weighted by Gasteiger charge is 2.25. The molecule has 3 amide bonds. The lowest BCUT2D eigenvalue weighted by atomic mass is 10.3. The van der Waals surface area contributed by atoms with Crippen molar-refractivity contribution in [2.45, 2.75) is 0 Å². The van der Waals surface area contributed by atoms with Gasteiger partial charge in [0, 0.05) is 36.9 Å². The lowest BCUT2D eigenvalue weighted by Crippen LogP contribution is -2.51. The highest BCUT2D eigenvalue weighted by molar-refractivity contribution is 6.39. The molecule has 1 aliphatic rings. The molecule has 1 N–H and O–H groups in total. The number of anilines is 1. The van der Waals surface area contributed by atoms with Gasteiger partial charge in [-0.05, 0) is 24.3 Å². The van der Waals surface area contributed by atoms with E-state index in [0.717, 1.165) is 6.41 Å². The third kappa shape index (κ3) is 3.48. The molecular formula is C13H14ClN3O3. The van der Waals surface area contributed by atoms with Gasteiger partial charge in [0.15, 0.2) is 0 Å². The van der Waals surface area contributed by atoms with Gasteiger partial charge in [0.1, 0.15) is 0 Å². The average molecular weight is 296 g/mol. The molecule has 0 spiro atoms. The summed E-state index contributed by atoms with van der Waals surface area (Å²) < 4.78 is 0. The van der Waals surface area contributed by atoms with Crippen LogP contribution in [-0.2, 0) is 14.4 Å². The number of hydrogen-bond acceptors (Lipinski definition) is 3. The number of hydrogen-bond donors (Lipinski definition) is 1. The first-order chi connectivity index (χ1) is 9.60. The van der Waals surface area contributed by atoms with E-state index >= 15 is 0 Å². The van der Waals surface area contributed by atoms with Gasteiger partial charge in [0.25, 0.3) is 0 Å². The molecule has 0 aromatic heterocycles. The fraction of sp³-hybridized carbons (Fsp3) is 0.308. The molecule has 1 saturated heterocycles. The summed E-state index contributed by atoms with van der Waals surface area (Å²) in [5.74, 6) is -1.28. The van der Waals surface area contributed by atoms with E-state index in [2.05, 4.69) is 5.32 Å². The number of nitrogens with one attached hydrogen (secondary N) is 1. The minimum Gasteiger partial charge on any atom is -0.342 e. The van der Waals surface area contributed by atoms with Crippen molar-refractivity contribution >= 4 is 35.5 Å². The standard InChI is InChI=1S/C13H14ClN3O3/c14-10-1-3-11(4-2-10)15-12(19)13(20)17-7-5-16(9-18)6-8-17/h1-4,9H,5-8H2,(H,15,19). The fourth-order valence-corrected chi connectivity index (χ4v) is 2.02. The molecule has 0 radical (unpaired) electrons. The molecule has 1 aromatic carbocycles. The maximum Gasteiger partial charge on any atom is 0.313 e. The zero-order chi connectivity index (χ0) is 14.5. The SMILES string of the molecule is O=CN1CCN(C(=O)C(=O)Nc2ccc(Cl)cc2)CC1. The Labute approximate surface area is 121 Å². The van der Waals surface area contributed by atoms with Crippen LogP contribution in [0.2, 0.25) is 5.02 Å². The summed E-state index contributed by atoms with van der Waals surface area (Å²) in [6.45, 7) is 1.63. The quantitative estimate of drug-likeness (QED) is 0.641. The predicted octanol–water partition coefficient (Wildman–Crippen LogP) is 0.579. The summed E-state index contributed by atoms with van der Waals surface area (Å²) in [6, 6.07) is 6.50. The van der Waals surface area contributed by atoms with Crippen LogP contribution in [0.25, 0.3) is 0 Å². The fourth-order valence-electron chi connectivity index (χ4n) is 1.89. The molecule has 0 saturated carbocycles. The molecule has 0 unspecified atom stereocenters. The molecule has 1 aliphatic heterocycles. The normalized spacial score (nSPS) is 14.8. The Hall–Kier alpha value is -2.08. The third-order valence-electron chi connectivity index (χ3n) is 3.05. The first kappa shape index (κ1) is 14.3. The Balaban J connectivity index is 1.90. The van der Waals surface area contributed by atoms with Crippen molar-refractivity contribution in [2.75, 3.05) is 31.5 Å². The van der Waals surface area contributed by atoms with Gasteiger partial charge in [0.2, 0.25) is 6.41 Å². The van der Waals surface area contributed by atoms with Gasteiger partial charge in [-0.15, -0.1) is 0 Å². The number of nitrogens with zero attached hydrogens (tertiary/aromatic N) is 2. The summed E-state index contributed by atoms with van der Waals surface area (Å²) >= 11 is 5.74. The molecule has 7 heteroatoms. The van der Waals surface area contributed by atoms with Gasteiger partial charge in [-0.1, -0.05) is 11.6 Å². The highest BCUT2D eigenvalue weighted by atomic mass is 35.5. The van der Waals surface area contributed by atoms with E-state index in [-0.39, 0.29) is 0 Å². The number of carbonyl (C=O) groups excluding carboxylic acids is 3. The average Bonchev–Trinajstić information content (AvgIpc) is 2.49. The van der Waals surface area contributed by atoms with Crippen LogP contribution in [0.5, 0.6) is 0 Å². The lowest BCUT2D eigenvalue weighted by Gasteiger charge is -2.31. The van der Waals surface area contributed by atoms with Crippen LogP contribution in [0.3, 0.4) is 0 Å². The second-order valence-electron chi connectivity index (χ2n) is 4.39. The second-order valence-corrected chi connectivity index (χ2v) is 4.83. The number of halogens is 1. The second kappa shape index (κ2) is 6.38. The molecule has 1 heterocycles. The predicted molar refractivity (Wildman–Crippen MR) is 74.3 cm³/mol. The molecule has 20 heavy (non-hydrogen) atoms. The van der Waals surface area contributed by atoms with Gasteiger partial charge in [0.05, 0.1) is 0 Å². The topological polar surface area (TPSA) is 69.7 Å². The third-order valence-corrected chi connectivity index (χ3v) is 3.30. The van der Waals surface area contributed by atoms with E-state index in [1.54, 1.807) is 29.2 Å². The van der Waals surface area contributed by atoms with Crippen molar-refractivity contribution in [1.29, 1.82) is 0 Å². The Morgan fingerprint density at radius 2 is 1.70 bits per heavy atom. The van der Waals surface area contributed by atoms with E-state index in [9.17, 15) is 14.4 Å². The van der Waals surface area contributed by atoms with Crippen molar-refractivity contribution in [1.82, 2.24) is 9.80 Å². The Morgan fingerprint density at radius 3 is 2.25 bits per heavy atom. The Kier molecular flexibility index (Phi) is 4.57. The van der Waals surface area contributed by atoms with Crippen LogP contribution in [0.1, 0.15) is 0 Å². The van der Waals surface area contributed by atoms with Crippen LogP contribution in [0.15, 0.2) is 24.3 Å². The summed E-state index contributed by atoms with van der Waals surface area (Å²) in [4.78, 5) is 37.4. The smallest absolute Gasteiger partial charge is 0.313 e. The maximum atomic E-state index is 11.9. The van der Waals surface area contributed by atoms with Crippen molar-refractivity contribution in [3.63, 3.8) is 0 Å². The summed E-state index contributed by atoms with van der Waals surface area (Å²) in [6.07, 6.45) is 0.746. The van der Waals surface area contributed by atoms with Crippen LogP contribution in [-0.4, -0.2) is 54.2 Å². The van der Waals surface area contributed by atoms with Crippen molar-refractivity contribution in [3.05, 3.63) is 29.3 Å². The summed E-state index contributed by atoms with van der Waals surface area (Å²) in [5.41, 5.74) is 0.513. The first-order valence-electron chi connectivity index (χ1n) is 6.15. The Morgan fingerprint density at radius 1 is 1.10 bits per heavy atom. The van der Waals surface area contributed by atoms with Gasteiger partial charge in [-0.25, -0.2) is 0 Å². The van der Waals surface area contributed by atoms with E-state index in [0.29, 0.717) is 36.9 Å². The van der Waals surface area contributed by atoms with E-state index in [1.807, 2.05) is 0 Å². The van der Waals surface area contributed by atoms with Gasteiger partial charge in [-0.3, -0.25) is 14.4 Å². The Bertz CT molecular complexity index is 510. The zero-order valence-electron chi connectivity index (χ0n) is 10.7. The number of piperazine rings is 1. The van der Waals surface area contributed by atoms with Crippen molar-refractivity contribution < 1.29 is 14.4 Å². The minimum atomic E-state index is -0.688. The summed E-state index contributed by atoms with van der Waals surface area (Å²) in [7, 11) is 0. The summed E-state index contributed by atoms with van der Waals surface area (Å²) in [5, 5.41) is 3.07. The van der Waals surface area contributed by atoms with Gasteiger partial charge in [-0.2, -0.15) is 0 Å².